The lowest BCUT2D eigenvalue weighted by molar-refractivity contribution is -0.122. The average Bonchev–Trinajstić information content (AvgIpc) is 2.77. The van der Waals surface area contributed by atoms with E-state index in [2.05, 4.69) is 5.32 Å². The molecule has 17 heavy (non-hydrogen) atoms. The molecular formula is C12H23N3O2. The van der Waals surface area contributed by atoms with Gasteiger partial charge in [0, 0.05) is 25.7 Å². The zero-order valence-corrected chi connectivity index (χ0v) is 11.0. The van der Waals surface area contributed by atoms with Crippen molar-refractivity contribution in [1.82, 2.24) is 15.1 Å². The Morgan fingerprint density at radius 1 is 1.29 bits per heavy atom. The van der Waals surface area contributed by atoms with E-state index in [0.29, 0.717) is 6.54 Å². The monoisotopic (exact) mass is 241 g/mol. The van der Waals surface area contributed by atoms with Crippen LogP contribution in [-0.2, 0) is 4.79 Å². The van der Waals surface area contributed by atoms with Crippen molar-refractivity contribution >= 4 is 11.9 Å². The van der Waals surface area contributed by atoms with Gasteiger partial charge in [-0.2, -0.15) is 0 Å². The Hall–Kier alpha value is -1.26. The zero-order chi connectivity index (χ0) is 12.8. The molecule has 1 rings (SSSR count). The number of nitrogens with one attached hydrogen (secondary N) is 1. The van der Waals surface area contributed by atoms with E-state index in [0.717, 1.165) is 25.9 Å². The van der Waals surface area contributed by atoms with Gasteiger partial charge in [0.05, 0.1) is 0 Å². The van der Waals surface area contributed by atoms with Crippen molar-refractivity contribution in [2.75, 3.05) is 26.2 Å². The van der Waals surface area contributed by atoms with Gasteiger partial charge in [0.15, 0.2) is 0 Å². The van der Waals surface area contributed by atoms with Crippen LogP contribution in [0.1, 0.15) is 33.6 Å². The Morgan fingerprint density at radius 3 is 2.35 bits per heavy atom. The summed E-state index contributed by atoms with van der Waals surface area (Å²) in [5.74, 6) is -0.0885. The highest BCUT2D eigenvalue weighted by Gasteiger charge is 2.24. The summed E-state index contributed by atoms with van der Waals surface area (Å²) in [6.45, 7) is 8.09. The molecule has 1 aliphatic rings. The molecule has 0 aromatic carbocycles. The van der Waals surface area contributed by atoms with Gasteiger partial charge in [0.2, 0.25) is 5.91 Å². The Kier molecular flexibility index (Phi) is 5.25. The molecule has 3 amide bonds. The van der Waals surface area contributed by atoms with Crippen molar-refractivity contribution in [1.29, 1.82) is 0 Å². The highest BCUT2D eigenvalue weighted by atomic mass is 16.2. The molecule has 0 spiro atoms. The quantitative estimate of drug-likeness (QED) is 0.800. The van der Waals surface area contributed by atoms with Gasteiger partial charge in [-0.3, -0.25) is 4.79 Å². The van der Waals surface area contributed by atoms with Gasteiger partial charge in [0.1, 0.15) is 6.54 Å². The van der Waals surface area contributed by atoms with Gasteiger partial charge >= 0.3 is 6.03 Å². The SMILES string of the molecule is CCN(CC(=O)NC(C)C)C(=O)N1CCCC1. The first-order chi connectivity index (χ1) is 8.04. The topological polar surface area (TPSA) is 52.7 Å². The number of likely N-dealkylation sites (tertiary alicyclic amines) is 1. The predicted octanol–water partition coefficient (Wildman–Crippen LogP) is 1.05. The van der Waals surface area contributed by atoms with Crippen LogP contribution in [0, 0.1) is 0 Å². The molecule has 0 aromatic rings. The van der Waals surface area contributed by atoms with Crippen LogP contribution in [0.4, 0.5) is 4.79 Å². The summed E-state index contributed by atoms with van der Waals surface area (Å²) < 4.78 is 0. The number of nitrogens with zero attached hydrogens (tertiary/aromatic N) is 2. The third-order valence-corrected chi connectivity index (χ3v) is 2.81. The van der Waals surface area contributed by atoms with Gasteiger partial charge < -0.3 is 15.1 Å². The summed E-state index contributed by atoms with van der Waals surface area (Å²) in [5, 5.41) is 2.80. The fourth-order valence-corrected chi connectivity index (χ4v) is 1.96. The van der Waals surface area contributed by atoms with Crippen molar-refractivity contribution in [3.63, 3.8) is 0 Å². The van der Waals surface area contributed by atoms with E-state index >= 15 is 0 Å². The second kappa shape index (κ2) is 6.47. The summed E-state index contributed by atoms with van der Waals surface area (Å²) in [4.78, 5) is 27.1. The van der Waals surface area contributed by atoms with Crippen LogP contribution >= 0.6 is 0 Å². The van der Waals surface area contributed by atoms with Crippen LogP contribution in [-0.4, -0.2) is 54.0 Å². The lowest BCUT2D eigenvalue weighted by Crippen LogP contribution is -2.47. The molecule has 5 nitrogen and oxygen atoms in total. The highest BCUT2D eigenvalue weighted by Crippen LogP contribution is 2.10. The number of likely N-dealkylation sites (N-methyl/N-ethyl adjacent to an activating group) is 1. The number of hydrogen-bond donors (Lipinski definition) is 1. The maximum absolute atomic E-state index is 12.1. The van der Waals surface area contributed by atoms with Crippen LogP contribution in [0.2, 0.25) is 0 Å². The van der Waals surface area contributed by atoms with Crippen LogP contribution < -0.4 is 5.32 Å². The molecule has 0 saturated carbocycles. The molecule has 98 valence electrons. The summed E-state index contributed by atoms with van der Waals surface area (Å²) in [6.07, 6.45) is 2.14. The Bertz CT molecular complexity index is 273. The van der Waals surface area contributed by atoms with Crippen LogP contribution in [0.25, 0.3) is 0 Å². The van der Waals surface area contributed by atoms with Crippen LogP contribution in [0.5, 0.6) is 0 Å². The number of carbonyl (C=O) groups is 2. The fraction of sp³-hybridized carbons (Fsp3) is 0.833. The molecule has 0 radical (unpaired) electrons. The third kappa shape index (κ3) is 4.24. The molecule has 1 heterocycles. The first-order valence-electron chi connectivity index (χ1n) is 6.37. The smallest absolute Gasteiger partial charge is 0.320 e. The standard InChI is InChI=1S/C12H23N3O2/c1-4-14(9-11(16)13-10(2)3)12(17)15-7-5-6-8-15/h10H,4-9H2,1-3H3,(H,13,16). The van der Waals surface area contributed by atoms with Crippen molar-refractivity contribution in [2.45, 2.75) is 39.7 Å². The lowest BCUT2D eigenvalue weighted by Gasteiger charge is -2.26. The zero-order valence-electron chi connectivity index (χ0n) is 11.0. The largest absolute Gasteiger partial charge is 0.352 e. The van der Waals surface area contributed by atoms with Crippen molar-refractivity contribution in [3.8, 4) is 0 Å². The molecule has 0 aromatic heterocycles. The van der Waals surface area contributed by atoms with Crippen LogP contribution in [0.15, 0.2) is 0 Å². The maximum atomic E-state index is 12.1. The van der Waals surface area contributed by atoms with Gasteiger partial charge in [-0.15, -0.1) is 0 Å². The molecule has 5 heteroatoms. The van der Waals surface area contributed by atoms with E-state index in [9.17, 15) is 9.59 Å². The van der Waals surface area contributed by atoms with E-state index in [1.54, 1.807) is 4.90 Å². The van der Waals surface area contributed by atoms with Gasteiger partial charge in [-0.1, -0.05) is 0 Å². The van der Waals surface area contributed by atoms with E-state index in [1.807, 2.05) is 25.7 Å². The van der Waals surface area contributed by atoms with Crippen molar-refractivity contribution in [2.24, 2.45) is 0 Å². The Labute approximate surface area is 103 Å². The molecule has 0 aliphatic carbocycles. The molecule has 1 N–H and O–H groups in total. The Morgan fingerprint density at radius 2 is 1.88 bits per heavy atom. The number of amides is 3. The first-order valence-corrected chi connectivity index (χ1v) is 6.37. The molecule has 1 fully saturated rings. The molecule has 0 bridgehead atoms. The van der Waals surface area contributed by atoms with Crippen molar-refractivity contribution < 1.29 is 9.59 Å². The number of rotatable bonds is 4. The summed E-state index contributed by atoms with van der Waals surface area (Å²) in [5.41, 5.74) is 0. The van der Waals surface area contributed by atoms with E-state index in [1.165, 1.54) is 0 Å². The number of urea groups is 1. The minimum Gasteiger partial charge on any atom is -0.352 e. The molecular weight excluding hydrogens is 218 g/mol. The third-order valence-electron chi connectivity index (χ3n) is 2.81. The normalized spacial score (nSPS) is 15.2. The van der Waals surface area contributed by atoms with Gasteiger partial charge in [-0.05, 0) is 33.6 Å². The molecule has 0 unspecified atom stereocenters. The first kappa shape index (κ1) is 13.8. The van der Waals surface area contributed by atoms with E-state index in [-0.39, 0.29) is 24.5 Å². The summed E-state index contributed by atoms with van der Waals surface area (Å²) in [6, 6.07) is 0.104. The van der Waals surface area contributed by atoms with Gasteiger partial charge in [-0.25, -0.2) is 4.79 Å². The average molecular weight is 241 g/mol. The second-order valence-electron chi connectivity index (χ2n) is 4.71. The highest BCUT2D eigenvalue weighted by molar-refractivity contribution is 5.84. The molecule has 1 aliphatic heterocycles. The van der Waals surface area contributed by atoms with Crippen LogP contribution in [0.3, 0.4) is 0 Å². The lowest BCUT2D eigenvalue weighted by atomic mass is 10.3. The van der Waals surface area contributed by atoms with Crippen molar-refractivity contribution in [3.05, 3.63) is 0 Å². The molecule has 1 saturated heterocycles. The Balaban J connectivity index is 2.46. The molecule has 0 atom stereocenters. The second-order valence-corrected chi connectivity index (χ2v) is 4.71. The predicted molar refractivity (Wildman–Crippen MR) is 66.7 cm³/mol. The number of carbonyl (C=O) groups excluding carboxylic acids is 2. The minimum absolute atomic E-state index is 0.0103. The summed E-state index contributed by atoms with van der Waals surface area (Å²) >= 11 is 0. The maximum Gasteiger partial charge on any atom is 0.320 e. The van der Waals surface area contributed by atoms with E-state index in [4.69, 9.17) is 0 Å². The summed E-state index contributed by atoms with van der Waals surface area (Å²) in [7, 11) is 0. The number of hydrogen-bond acceptors (Lipinski definition) is 2. The van der Waals surface area contributed by atoms with Gasteiger partial charge in [0.25, 0.3) is 0 Å². The minimum atomic E-state index is -0.0885. The fourth-order valence-electron chi connectivity index (χ4n) is 1.96. The van der Waals surface area contributed by atoms with E-state index < -0.39 is 0 Å².